The number of nitrogens with two attached hydrogens (primary N) is 1. The third-order valence-corrected chi connectivity index (χ3v) is 3.48. The van der Waals surface area contributed by atoms with Crippen LogP contribution in [-0.2, 0) is 0 Å². The van der Waals surface area contributed by atoms with Gasteiger partial charge in [0.2, 0.25) is 0 Å². The third-order valence-electron chi connectivity index (χ3n) is 2.36. The highest BCUT2D eigenvalue weighted by Crippen LogP contribution is 2.35. The first-order valence-corrected chi connectivity index (χ1v) is 6.79. The van der Waals surface area contributed by atoms with Gasteiger partial charge in [0.05, 0.1) is 15.6 Å². The molecule has 0 unspecified atom stereocenters. The number of nitrogens with one attached hydrogen (secondary N) is 1. The van der Waals surface area contributed by atoms with Gasteiger partial charge in [-0.1, -0.05) is 45.2 Å². The lowest BCUT2D eigenvalue weighted by Crippen LogP contribution is -2.13. The number of nitrogen functional groups attached to an aromatic ring is 1. The van der Waals surface area contributed by atoms with Crippen molar-refractivity contribution < 1.29 is 4.74 Å². The summed E-state index contributed by atoms with van der Waals surface area (Å²) >= 11 is 15.4. The smallest absolute Gasteiger partial charge is 0.147 e. The van der Waals surface area contributed by atoms with Crippen molar-refractivity contribution in [2.75, 3.05) is 0 Å². The maximum atomic E-state index is 7.55. The molecule has 0 heterocycles. The van der Waals surface area contributed by atoms with Gasteiger partial charge in [-0.15, -0.1) is 0 Å². The van der Waals surface area contributed by atoms with Crippen LogP contribution in [0.4, 0.5) is 0 Å². The van der Waals surface area contributed by atoms with Crippen LogP contribution in [0.25, 0.3) is 0 Å². The highest BCUT2D eigenvalue weighted by molar-refractivity contribution is 9.10. The van der Waals surface area contributed by atoms with Gasteiger partial charge in [0, 0.05) is 4.47 Å². The Morgan fingerprint density at radius 1 is 1.11 bits per heavy atom. The highest BCUT2D eigenvalue weighted by atomic mass is 79.9. The van der Waals surface area contributed by atoms with Crippen LogP contribution in [0, 0.1) is 5.41 Å². The first-order chi connectivity index (χ1) is 8.99. The molecule has 0 saturated heterocycles. The molecule has 0 atom stereocenters. The Bertz CT molecular complexity index is 647. The summed E-state index contributed by atoms with van der Waals surface area (Å²) in [6.45, 7) is 0. The number of amidine groups is 1. The van der Waals surface area contributed by atoms with Gasteiger partial charge >= 0.3 is 0 Å². The van der Waals surface area contributed by atoms with Crippen molar-refractivity contribution >= 4 is 45.0 Å². The fourth-order valence-electron chi connectivity index (χ4n) is 1.52. The van der Waals surface area contributed by atoms with Crippen LogP contribution in [0.1, 0.15) is 5.56 Å². The van der Waals surface area contributed by atoms with Gasteiger partial charge in [0.1, 0.15) is 17.3 Å². The number of ether oxygens (including phenoxy) is 1. The molecule has 2 aromatic rings. The number of halogens is 3. The van der Waals surface area contributed by atoms with Gasteiger partial charge in [-0.05, 0) is 30.3 Å². The molecule has 0 fully saturated rings. The second kappa shape index (κ2) is 5.82. The molecule has 19 heavy (non-hydrogen) atoms. The average Bonchev–Trinajstić information content (AvgIpc) is 2.33. The second-order valence-corrected chi connectivity index (χ2v) is 5.43. The Morgan fingerprint density at radius 3 is 2.53 bits per heavy atom. The van der Waals surface area contributed by atoms with E-state index in [0.29, 0.717) is 27.1 Å². The first-order valence-electron chi connectivity index (χ1n) is 5.25. The first kappa shape index (κ1) is 14.2. The molecule has 0 aromatic heterocycles. The SMILES string of the molecule is N=C(N)c1c(Cl)cccc1Oc1cc(Br)ccc1Cl. The molecule has 6 heteroatoms. The van der Waals surface area contributed by atoms with Crippen molar-refractivity contribution in [2.45, 2.75) is 0 Å². The minimum atomic E-state index is -0.160. The molecule has 2 rings (SSSR count). The monoisotopic (exact) mass is 358 g/mol. The van der Waals surface area contributed by atoms with E-state index in [0.717, 1.165) is 4.47 Å². The number of rotatable bonds is 3. The van der Waals surface area contributed by atoms with Gasteiger partial charge in [-0.2, -0.15) is 0 Å². The number of hydrogen-bond acceptors (Lipinski definition) is 2. The predicted octanol–water partition coefficient (Wildman–Crippen LogP) is 4.83. The Morgan fingerprint density at radius 2 is 1.84 bits per heavy atom. The zero-order valence-electron chi connectivity index (χ0n) is 9.58. The van der Waals surface area contributed by atoms with Crippen LogP contribution < -0.4 is 10.5 Å². The fourth-order valence-corrected chi connectivity index (χ4v) is 2.29. The van der Waals surface area contributed by atoms with Crippen LogP contribution in [0.5, 0.6) is 11.5 Å². The van der Waals surface area contributed by atoms with E-state index in [1.54, 1.807) is 36.4 Å². The number of hydrogen-bond donors (Lipinski definition) is 2. The number of benzene rings is 2. The quantitative estimate of drug-likeness (QED) is 0.608. The average molecular weight is 360 g/mol. The molecule has 0 radical (unpaired) electrons. The summed E-state index contributed by atoms with van der Waals surface area (Å²) in [6, 6.07) is 10.3. The van der Waals surface area contributed by atoms with E-state index in [4.69, 9.17) is 39.1 Å². The summed E-state index contributed by atoms with van der Waals surface area (Å²) in [4.78, 5) is 0. The molecule has 0 bridgehead atoms. The highest BCUT2D eigenvalue weighted by Gasteiger charge is 2.13. The summed E-state index contributed by atoms with van der Waals surface area (Å²) in [5, 5.41) is 8.36. The van der Waals surface area contributed by atoms with Crippen molar-refractivity contribution in [2.24, 2.45) is 5.73 Å². The minimum Gasteiger partial charge on any atom is -0.455 e. The maximum absolute atomic E-state index is 7.55. The topological polar surface area (TPSA) is 59.1 Å². The molecule has 0 spiro atoms. The lowest BCUT2D eigenvalue weighted by atomic mass is 10.2. The van der Waals surface area contributed by atoms with Crippen LogP contribution >= 0.6 is 39.1 Å². The summed E-state index contributed by atoms with van der Waals surface area (Å²) in [6.07, 6.45) is 0. The maximum Gasteiger partial charge on any atom is 0.147 e. The standard InChI is InChI=1S/C13H9BrCl2N2O/c14-7-4-5-8(15)11(6-7)19-10-3-1-2-9(16)12(10)13(17)18/h1-6H,(H3,17,18). The molecule has 0 aliphatic heterocycles. The van der Waals surface area contributed by atoms with E-state index in [2.05, 4.69) is 15.9 Å². The van der Waals surface area contributed by atoms with Crippen molar-refractivity contribution in [3.8, 4) is 11.5 Å². The Hall–Kier alpha value is -1.23. The van der Waals surface area contributed by atoms with Crippen LogP contribution in [-0.4, -0.2) is 5.84 Å². The summed E-state index contributed by atoms with van der Waals surface area (Å²) in [7, 11) is 0. The van der Waals surface area contributed by atoms with Crippen LogP contribution in [0.2, 0.25) is 10.0 Å². The van der Waals surface area contributed by atoms with E-state index in [1.807, 2.05) is 0 Å². The Labute approximate surface area is 128 Å². The molecule has 0 aliphatic carbocycles. The van der Waals surface area contributed by atoms with Gasteiger partial charge in [0.25, 0.3) is 0 Å². The normalized spacial score (nSPS) is 10.3. The lowest BCUT2D eigenvalue weighted by Gasteiger charge is -2.12. The van der Waals surface area contributed by atoms with Gasteiger partial charge in [-0.3, -0.25) is 5.41 Å². The fraction of sp³-hybridized carbons (Fsp3) is 0. The second-order valence-electron chi connectivity index (χ2n) is 3.70. The molecule has 0 aliphatic rings. The van der Waals surface area contributed by atoms with E-state index in [-0.39, 0.29) is 5.84 Å². The van der Waals surface area contributed by atoms with E-state index < -0.39 is 0 Å². The van der Waals surface area contributed by atoms with Crippen molar-refractivity contribution in [3.63, 3.8) is 0 Å². The molecule has 98 valence electrons. The third kappa shape index (κ3) is 3.21. The summed E-state index contributed by atoms with van der Waals surface area (Å²) in [5.41, 5.74) is 5.86. The van der Waals surface area contributed by atoms with E-state index in [1.165, 1.54) is 0 Å². The molecular weight excluding hydrogens is 351 g/mol. The van der Waals surface area contributed by atoms with Crippen molar-refractivity contribution in [1.82, 2.24) is 0 Å². The summed E-state index contributed by atoms with van der Waals surface area (Å²) < 4.78 is 6.53. The molecule has 0 amide bonds. The van der Waals surface area contributed by atoms with Crippen LogP contribution in [0.3, 0.4) is 0 Å². The molecular formula is C13H9BrCl2N2O. The van der Waals surface area contributed by atoms with Gasteiger partial charge in [0.15, 0.2) is 0 Å². The molecule has 0 saturated carbocycles. The van der Waals surface area contributed by atoms with Crippen molar-refractivity contribution in [1.29, 1.82) is 5.41 Å². The van der Waals surface area contributed by atoms with Crippen molar-refractivity contribution in [3.05, 3.63) is 56.5 Å². The zero-order chi connectivity index (χ0) is 14.0. The Balaban J connectivity index is 2.46. The largest absolute Gasteiger partial charge is 0.455 e. The van der Waals surface area contributed by atoms with Crippen LogP contribution in [0.15, 0.2) is 40.9 Å². The predicted molar refractivity (Wildman–Crippen MR) is 81.7 cm³/mol. The molecule has 2 aromatic carbocycles. The lowest BCUT2D eigenvalue weighted by molar-refractivity contribution is 0.481. The van der Waals surface area contributed by atoms with Gasteiger partial charge in [-0.25, -0.2) is 0 Å². The van der Waals surface area contributed by atoms with E-state index >= 15 is 0 Å². The zero-order valence-corrected chi connectivity index (χ0v) is 12.7. The van der Waals surface area contributed by atoms with Gasteiger partial charge < -0.3 is 10.5 Å². The Kier molecular flexibility index (Phi) is 4.34. The molecule has 3 N–H and O–H groups in total. The minimum absolute atomic E-state index is 0.160. The summed E-state index contributed by atoms with van der Waals surface area (Å²) in [5.74, 6) is 0.688. The van der Waals surface area contributed by atoms with E-state index in [9.17, 15) is 0 Å². The molecule has 3 nitrogen and oxygen atoms in total.